The lowest BCUT2D eigenvalue weighted by Crippen LogP contribution is -2.16. The summed E-state index contributed by atoms with van der Waals surface area (Å²) in [5.41, 5.74) is 4.75. The molecule has 3 aliphatic rings. The third-order valence-electron chi connectivity index (χ3n) is 4.26. The van der Waals surface area contributed by atoms with Crippen molar-refractivity contribution >= 4 is 17.7 Å². The lowest BCUT2D eigenvalue weighted by atomic mass is 9.89. The molecule has 22 heavy (non-hydrogen) atoms. The van der Waals surface area contributed by atoms with Crippen LogP contribution in [-0.4, -0.2) is 13.0 Å². The lowest BCUT2D eigenvalue weighted by molar-refractivity contribution is -0.116. The Bertz CT molecular complexity index is 784. The van der Waals surface area contributed by atoms with Crippen LogP contribution in [0.2, 0.25) is 0 Å². The van der Waals surface area contributed by atoms with Crippen molar-refractivity contribution in [2.45, 2.75) is 6.42 Å². The Kier molecular flexibility index (Phi) is 2.89. The van der Waals surface area contributed by atoms with E-state index in [-0.39, 0.29) is 11.8 Å². The Labute approximate surface area is 128 Å². The van der Waals surface area contributed by atoms with Crippen molar-refractivity contribution in [2.24, 2.45) is 5.92 Å². The first-order chi connectivity index (χ1) is 10.8. The number of carbonyl (C=O) groups is 1. The van der Waals surface area contributed by atoms with Crippen LogP contribution in [0.5, 0.6) is 0 Å². The minimum atomic E-state index is -0.0338. The van der Waals surface area contributed by atoms with E-state index in [1.165, 1.54) is 0 Å². The van der Waals surface area contributed by atoms with Crippen molar-refractivity contribution in [1.29, 1.82) is 0 Å². The van der Waals surface area contributed by atoms with Crippen LogP contribution in [-0.2, 0) is 9.53 Å². The Morgan fingerprint density at radius 3 is 2.91 bits per heavy atom. The minimum Gasteiger partial charge on any atom is -0.497 e. The Hall–Kier alpha value is -2.75. The summed E-state index contributed by atoms with van der Waals surface area (Å²) in [5, 5.41) is 6.34. The molecule has 2 N–H and O–H groups in total. The molecule has 1 fully saturated rings. The summed E-state index contributed by atoms with van der Waals surface area (Å²) < 4.78 is 5.25. The van der Waals surface area contributed by atoms with Gasteiger partial charge in [0.2, 0.25) is 0 Å². The van der Waals surface area contributed by atoms with Crippen LogP contribution in [0.4, 0.5) is 5.69 Å². The van der Waals surface area contributed by atoms with E-state index in [4.69, 9.17) is 4.74 Å². The van der Waals surface area contributed by atoms with Crippen LogP contribution in [0.15, 0.2) is 65.2 Å². The van der Waals surface area contributed by atoms with E-state index in [1.54, 1.807) is 7.11 Å². The van der Waals surface area contributed by atoms with Gasteiger partial charge in [-0.25, -0.2) is 0 Å². The second-order valence-corrected chi connectivity index (χ2v) is 5.53. The smallest absolute Gasteiger partial charge is 0.254 e. The summed E-state index contributed by atoms with van der Waals surface area (Å²) in [6.07, 6.45) is 8.72. The van der Waals surface area contributed by atoms with Gasteiger partial charge in [0.15, 0.2) is 0 Å². The highest BCUT2D eigenvalue weighted by Crippen LogP contribution is 2.37. The van der Waals surface area contributed by atoms with Gasteiger partial charge in [-0.05, 0) is 36.3 Å². The number of hydrogen-bond acceptors (Lipinski definition) is 3. The highest BCUT2D eigenvalue weighted by atomic mass is 16.5. The number of carbonyl (C=O) groups excluding carboxylic acids is 1. The fourth-order valence-corrected chi connectivity index (χ4v) is 3.15. The number of benzene rings is 1. The molecule has 1 aliphatic carbocycles. The second-order valence-electron chi connectivity index (χ2n) is 5.53. The van der Waals surface area contributed by atoms with Gasteiger partial charge < -0.3 is 15.4 Å². The molecular weight excluding hydrogens is 276 g/mol. The van der Waals surface area contributed by atoms with Crippen LogP contribution >= 0.6 is 0 Å². The zero-order valence-electron chi connectivity index (χ0n) is 12.2. The minimum absolute atomic E-state index is 0.0338. The van der Waals surface area contributed by atoms with Gasteiger partial charge in [0, 0.05) is 28.6 Å². The fourth-order valence-electron chi connectivity index (χ4n) is 3.15. The van der Waals surface area contributed by atoms with Crippen LogP contribution < -0.4 is 10.6 Å². The van der Waals surface area contributed by atoms with Crippen LogP contribution in [0.25, 0.3) is 6.08 Å². The van der Waals surface area contributed by atoms with Gasteiger partial charge >= 0.3 is 0 Å². The van der Waals surface area contributed by atoms with Gasteiger partial charge in [0.05, 0.1) is 7.11 Å². The highest BCUT2D eigenvalue weighted by Gasteiger charge is 2.36. The Morgan fingerprint density at radius 2 is 2.05 bits per heavy atom. The normalized spacial score (nSPS) is 25.5. The second kappa shape index (κ2) is 4.91. The largest absolute Gasteiger partial charge is 0.497 e. The first kappa shape index (κ1) is 13.0. The molecule has 0 radical (unpaired) electrons. The molecule has 1 atom stereocenters. The molecule has 1 saturated heterocycles. The van der Waals surface area contributed by atoms with Gasteiger partial charge in [-0.15, -0.1) is 0 Å². The molecule has 0 bridgehead atoms. The molecule has 1 aromatic rings. The standard InChI is InChI=1S/C18H16N2O2/c1-22-12-7-8-13-16(10-12)20-18(21)17(13)15-9-6-11-4-2-3-5-14(11)19-15/h2-7,9-10,13,19H,8H2,1H3,(H,20,21). The Balaban J connectivity index is 1.74. The van der Waals surface area contributed by atoms with Crippen LogP contribution in [0.1, 0.15) is 12.0 Å². The van der Waals surface area contributed by atoms with Gasteiger partial charge in [-0.1, -0.05) is 24.3 Å². The number of anilines is 1. The van der Waals surface area contributed by atoms with Gasteiger partial charge in [0.1, 0.15) is 5.76 Å². The predicted molar refractivity (Wildman–Crippen MR) is 85.5 cm³/mol. The molecule has 0 aromatic heterocycles. The van der Waals surface area contributed by atoms with Gasteiger partial charge in [0.25, 0.3) is 5.91 Å². The molecule has 0 spiro atoms. The molecule has 2 heterocycles. The van der Waals surface area contributed by atoms with Crippen molar-refractivity contribution in [2.75, 3.05) is 12.4 Å². The number of allylic oxidation sites excluding steroid dienone is 4. The zero-order chi connectivity index (χ0) is 15.1. The van der Waals surface area contributed by atoms with E-state index in [0.29, 0.717) is 0 Å². The molecule has 0 saturated carbocycles. The Morgan fingerprint density at radius 1 is 1.18 bits per heavy atom. The first-order valence-corrected chi connectivity index (χ1v) is 7.31. The van der Waals surface area contributed by atoms with E-state index in [1.807, 2.05) is 42.5 Å². The number of rotatable bonds is 1. The summed E-state index contributed by atoms with van der Waals surface area (Å²) in [6.45, 7) is 0. The van der Waals surface area contributed by atoms with Gasteiger partial charge in [-0.3, -0.25) is 4.79 Å². The van der Waals surface area contributed by atoms with Crippen LogP contribution in [0.3, 0.4) is 0 Å². The highest BCUT2D eigenvalue weighted by molar-refractivity contribution is 6.01. The average Bonchev–Trinajstić information content (AvgIpc) is 2.89. The third kappa shape index (κ3) is 1.96. The summed E-state index contributed by atoms with van der Waals surface area (Å²) in [7, 11) is 1.64. The zero-order valence-corrected chi connectivity index (χ0v) is 12.2. The number of ether oxygens (including phenoxy) is 1. The number of amides is 1. The molecule has 110 valence electrons. The molecule has 1 amide bonds. The van der Waals surface area contributed by atoms with E-state index < -0.39 is 0 Å². The molecule has 4 heteroatoms. The summed E-state index contributed by atoms with van der Waals surface area (Å²) in [4.78, 5) is 12.4. The maximum absolute atomic E-state index is 12.4. The summed E-state index contributed by atoms with van der Waals surface area (Å²) >= 11 is 0. The SMILES string of the molecule is COC1=CCC2C(=C1)NC(=O)C2=C1C=Cc2ccccc2N1. The number of fused-ring (bicyclic) bond motifs is 2. The maximum atomic E-state index is 12.4. The van der Waals surface area contributed by atoms with Crippen molar-refractivity contribution in [1.82, 2.24) is 5.32 Å². The molecule has 1 aromatic carbocycles. The number of hydrogen-bond donors (Lipinski definition) is 2. The monoisotopic (exact) mass is 292 g/mol. The van der Waals surface area contributed by atoms with Crippen molar-refractivity contribution in [3.8, 4) is 0 Å². The molecule has 1 unspecified atom stereocenters. The van der Waals surface area contributed by atoms with Crippen LogP contribution in [0, 0.1) is 5.92 Å². The fraction of sp³-hybridized carbons (Fsp3) is 0.167. The summed E-state index contributed by atoms with van der Waals surface area (Å²) in [5.74, 6) is 0.840. The molecular formula is C18H16N2O2. The quantitative estimate of drug-likeness (QED) is 0.782. The third-order valence-corrected chi connectivity index (χ3v) is 4.26. The number of methoxy groups -OCH3 is 1. The van der Waals surface area contributed by atoms with Crippen molar-refractivity contribution < 1.29 is 9.53 Å². The maximum Gasteiger partial charge on any atom is 0.254 e. The van der Waals surface area contributed by atoms with E-state index >= 15 is 0 Å². The summed E-state index contributed by atoms with van der Waals surface area (Å²) in [6, 6.07) is 8.06. The van der Waals surface area contributed by atoms with Crippen molar-refractivity contribution in [3.05, 3.63) is 70.8 Å². The van der Waals surface area contributed by atoms with E-state index in [2.05, 4.69) is 16.7 Å². The topological polar surface area (TPSA) is 50.4 Å². The predicted octanol–water partition coefficient (Wildman–Crippen LogP) is 2.94. The number of para-hydroxylation sites is 1. The molecule has 4 nitrogen and oxygen atoms in total. The van der Waals surface area contributed by atoms with Crippen molar-refractivity contribution in [3.63, 3.8) is 0 Å². The average molecular weight is 292 g/mol. The van der Waals surface area contributed by atoms with E-state index in [0.717, 1.165) is 40.4 Å². The first-order valence-electron chi connectivity index (χ1n) is 7.31. The molecule has 2 aliphatic heterocycles. The number of nitrogens with one attached hydrogen (secondary N) is 2. The lowest BCUT2D eigenvalue weighted by Gasteiger charge is -2.20. The van der Waals surface area contributed by atoms with Gasteiger partial charge in [-0.2, -0.15) is 0 Å². The van der Waals surface area contributed by atoms with E-state index in [9.17, 15) is 4.79 Å². The molecule has 4 rings (SSSR count).